The summed E-state index contributed by atoms with van der Waals surface area (Å²) in [6, 6.07) is 0. The van der Waals surface area contributed by atoms with Crippen LogP contribution in [0.5, 0.6) is 0 Å². The summed E-state index contributed by atoms with van der Waals surface area (Å²) in [5.41, 5.74) is -3.43. The van der Waals surface area contributed by atoms with Crippen LogP contribution < -0.4 is 17.2 Å². The third-order valence-corrected chi connectivity index (χ3v) is 16.4. The van der Waals surface area contributed by atoms with Crippen LogP contribution in [0.1, 0.15) is 90.0 Å². The molecule has 3 saturated heterocycles. The molecule has 0 aliphatic carbocycles. The molecular formula is C39H80N3O13+3. The van der Waals surface area contributed by atoms with Gasteiger partial charge in [-0.1, -0.05) is 6.92 Å². The number of methoxy groups -OCH3 is 2. The Morgan fingerprint density at radius 2 is 0.818 bits per heavy atom. The summed E-state index contributed by atoms with van der Waals surface area (Å²) in [7, 11) is 3.07. The fraction of sp³-hybridized carbons (Fsp3) is 1.00. The number of quaternary nitrogens is 3. The molecule has 0 aromatic heterocycles. The SMILES string of the molecule is COC[C@]1(C)OC(C)(CO)[C@H](COC[C@]2(C)OC(C)(CO)[C@H](COC[C@]3(C)OC(C)(CO)[C@@](C)(COC)[C@@](C)(O)C3(C)[NH3+])[C@@](C)(O)C2(C)[NH3+])[C@@](C)(O)C1(C)[NH3+]. The summed E-state index contributed by atoms with van der Waals surface area (Å²) >= 11 is 0. The van der Waals surface area contributed by atoms with E-state index in [2.05, 4.69) is 17.2 Å². The number of aliphatic hydroxyl groups excluding tert-OH is 3. The predicted octanol–water partition coefficient (Wildman–Crippen LogP) is -2.57. The molecule has 0 bridgehead atoms. The van der Waals surface area contributed by atoms with Gasteiger partial charge in [0.25, 0.3) is 0 Å². The zero-order chi connectivity index (χ0) is 43.0. The first-order valence-electron chi connectivity index (χ1n) is 19.4. The summed E-state index contributed by atoms with van der Waals surface area (Å²) < 4.78 is 43.7. The molecule has 0 saturated carbocycles. The second-order valence-corrected chi connectivity index (χ2v) is 20.0. The van der Waals surface area contributed by atoms with E-state index in [0.29, 0.717) is 0 Å². The molecule has 3 rings (SSSR count). The van der Waals surface area contributed by atoms with Gasteiger partial charge in [-0.3, -0.25) is 0 Å². The van der Waals surface area contributed by atoms with Gasteiger partial charge >= 0.3 is 0 Å². The molecule has 3 aliphatic rings. The fourth-order valence-electron chi connectivity index (χ4n) is 10.1. The molecule has 0 aromatic rings. The smallest absolute Gasteiger partial charge is 0.152 e. The van der Waals surface area contributed by atoms with Crippen molar-refractivity contribution in [2.45, 2.75) is 157 Å². The topological polar surface area (TPSA) is 269 Å². The molecule has 0 spiro atoms. The van der Waals surface area contributed by atoms with E-state index in [4.69, 9.17) is 33.2 Å². The van der Waals surface area contributed by atoms with Crippen LogP contribution in [-0.4, -0.2) is 171 Å². The highest BCUT2D eigenvalue weighted by Crippen LogP contribution is 2.57. The Bertz CT molecular complexity index is 1360. The predicted molar refractivity (Wildman–Crippen MR) is 201 cm³/mol. The lowest BCUT2D eigenvalue weighted by atomic mass is 9.51. The largest absolute Gasteiger partial charge is 0.393 e. The maximum absolute atomic E-state index is 12.5. The van der Waals surface area contributed by atoms with Crippen LogP contribution in [0.3, 0.4) is 0 Å². The third-order valence-electron chi connectivity index (χ3n) is 16.4. The molecule has 0 aromatic carbocycles. The molecule has 6 unspecified atom stereocenters. The molecule has 15 atom stereocenters. The fourth-order valence-corrected chi connectivity index (χ4v) is 10.1. The van der Waals surface area contributed by atoms with Crippen LogP contribution in [-0.2, 0) is 33.2 Å². The van der Waals surface area contributed by atoms with Gasteiger partial charge in [0.2, 0.25) is 0 Å². The van der Waals surface area contributed by atoms with Crippen LogP contribution in [0.2, 0.25) is 0 Å². The van der Waals surface area contributed by atoms with Crippen LogP contribution in [0, 0.1) is 17.3 Å². The van der Waals surface area contributed by atoms with Crippen molar-refractivity contribution in [1.82, 2.24) is 0 Å². The van der Waals surface area contributed by atoms with Gasteiger partial charge in [0, 0.05) is 26.1 Å². The van der Waals surface area contributed by atoms with Gasteiger partial charge in [-0.15, -0.1) is 0 Å². The normalized spacial score (nSPS) is 54.8. The Morgan fingerprint density at radius 3 is 1.15 bits per heavy atom. The molecular weight excluding hydrogens is 718 g/mol. The van der Waals surface area contributed by atoms with Crippen LogP contribution in [0.25, 0.3) is 0 Å². The summed E-state index contributed by atoms with van der Waals surface area (Å²) in [6.07, 6.45) is 0. The molecule has 3 fully saturated rings. The number of hydrogen-bond donors (Lipinski definition) is 9. The first-order chi connectivity index (χ1) is 24.6. The zero-order valence-corrected chi connectivity index (χ0v) is 36.7. The minimum absolute atomic E-state index is 0.0693. The number of hydrogen-bond acceptors (Lipinski definition) is 13. The summed E-state index contributed by atoms with van der Waals surface area (Å²) in [4.78, 5) is 0. The van der Waals surface area contributed by atoms with Gasteiger partial charge in [-0.2, -0.15) is 0 Å². The van der Waals surface area contributed by atoms with Gasteiger partial charge in [-0.25, -0.2) is 0 Å². The Morgan fingerprint density at radius 1 is 0.473 bits per heavy atom. The van der Waals surface area contributed by atoms with Gasteiger partial charge < -0.3 is 81.0 Å². The molecule has 0 amide bonds. The van der Waals surface area contributed by atoms with Crippen molar-refractivity contribution in [1.29, 1.82) is 0 Å². The van der Waals surface area contributed by atoms with E-state index in [1.165, 1.54) is 7.11 Å². The quantitative estimate of drug-likeness (QED) is 0.0826. The minimum Gasteiger partial charge on any atom is -0.393 e. The lowest BCUT2D eigenvalue weighted by Gasteiger charge is -2.66. The minimum atomic E-state index is -1.63. The van der Waals surface area contributed by atoms with Gasteiger partial charge in [0.15, 0.2) is 16.6 Å². The standard InChI is InChI=1S/C39H77N3O13/c1-27(18-43)25(34(8,46)36(10,40)31(5,53-27)22-50-15)16-51-23-32(6)37(11,41)35(9,47)26(28(2,19-44)54-32)17-52-24-33(7)38(12,42)39(13,48)29(3,21-49-14)30(4,20-45)55-33/h25-26,43-48H,16-24,40-42H2,1-15H3/p+3/t25-,26-,27?,28?,29+,30?,31-,32-,33-,34+,35+,36?,37?,38?,39+/m0/s1. The van der Waals surface area contributed by atoms with Gasteiger partial charge in [-0.05, 0) is 83.1 Å². The highest BCUT2D eigenvalue weighted by atomic mass is 16.6. The van der Waals surface area contributed by atoms with E-state index in [-0.39, 0.29) is 39.6 Å². The van der Waals surface area contributed by atoms with Gasteiger partial charge in [0.1, 0.15) is 39.2 Å². The van der Waals surface area contributed by atoms with E-state index in [0.717, 1.165) is 0 Å². The molecule has 3 aliphatic heterocycles. The molecule has 55 heavy (non-hydrogen) atoms. The summed E-state index contributed by atoms with van der Waals surface area (Å²) in [5.74, 6) is -1.59. The molecule has 16 heteroatoms. The first kappa shape index (κ1) is 48.7. The Kier molecular flexibility index (Phi) is 13.1. The van der Waals surface area contributed by atoms with E-state index in [9.17, 15) is 30.6 Å². The van der Waals surface area contributed by atoms with E-state index in [1.807, 2.05) is 6.92 Å². The van der Waals surface area contributed by atoms with E-state index < -0.39 is 104 Å². The van der Waals surface area contributed by atoms with Crippen molar-refractivity contribution in [2.24, 2.45) is 17.3 Å². The molecule has 16 nitrogen and oxygen atoms in total. The molecule has 15 N–H and O–H groups in total. The zero-order valence-electron chi connectivity index (χ0n) is 36.7. The van der Waals surface area contributed by atoms with Crippen molar-refractivity contribution in [2.75, 3.05) is 73.7 Å². The lowest BCUT2D eigenvalue weighted by Crippen LogP contribution is -2.96. The van der Waals surface area contributed by atoms with Crippen LogP contribution >= 0.6 is 0 Å². The highest BCUT2D eigenvalue weighted by Gasteiger charge is 2.76. The van der Waals surface area contributed by atoms with Gasteiger partial charge in [0.05, 0.1) is 76.1 Å². The second kappa shape index (κ2) is 14.8. The van der Waals surface area contributed by atoms with Crippen molar-refractivity contribution in [3.8, 4) is 0 Å². The first-order valence-corrected chi connectivity index (χ1v) is 19.4. The summed E-state index contributed by atoms with van der Waals surface area (Å²) in [5, 5.41) is 68.9. The van der Waals surface area contributed by atoms with E-state index >= 15 is 0 Å². The van der Waals surface area contributed by atoms with Crippen molar-refractivity contribution >= 4 is 0 Å². The monoisotopic (exact) mass is 799 g/mol. The maximum atomic E-state index is 12.5. The second-order valence-electron chi connectivity index (χ2n) is 20.0. The molecule has 3 heterocycles. The Labute approximate surface area is 328 Å². The van der Waals surface area contributed by atoms with Crippen LogP contribution in [0.4, 0.5) is 0 Å². The third kappa shape index (κ3) is 6.75. The molecule has 0 radical (unpaired) electrons. The van der Waals surface area contributed by atoms with Crippen LogP contribution in [0.15, 0.2) is 0 Å². The molecule has 326 valence electrons. The lowest BCUT2D eigenvalue weighted by molar-refractivity contribution is -0.581. The number of ether oxygens (including phenoxy) is 7. The van der Waals surface area contributed by atoms with Crippen molar-refractivity contribution in [3.63, 3.8) is 0 Å². The average Bonchev–Trinajstić information content (AvgIpc) is 3.06. The van der Waals surface area contributed by atoms with Crippen molar-refractivity contribution < 1.29 is 81.0 Å². The Balaban J connectivity index is 1.89. The van der Waals surface area contributed by atoms with Crippen molar-refractivity contribution in [3.05, 3.63) is 0 Å². The average molecular weight is 799 g/mol. The highest BCUT2D eigenvalue weighted by molar-refractivity contribution is 5.23. The number of aliphatic hydroxyl groups is 6. The summed E-state index contributed by atoms with van der Waals surface area (Å²) in [6.45, 7) is 21.2. The maximum Gasteiger partial charge on any atom is 0.152 e. The van der Waals surface area contributed by atoms with E-state index in [1.54, 1.807) is 90.2 Å². The number of rotatable bonds is 15. The Hall–Kier alpha value is -0.640.